The first-order valence-corrected chi connectivity index (χ1v) is 5.94. The molecule has 0 bridgehead atoms. The van der Waals surface area contributed by atoms with E-state index in [-0.39, 0.29) is 0 Å². The molecule has 0 saturated heterocycles. The van der Waals surface area contributed by atoms with Gasteiger partial charge in [-0.15, -0.1) is 0 Å². The largest absolute Gasteiger partial charge is 0.308 e. The van der Waals surface area contributed by atoms with E-state index < -0.39 is 0 Å². The third-order valence-electron chi connectivity index (χ3n) is 2.50. The SMILES string of the molecule is CC[C@@H](C)N[C@@H](C)c1cccc(Br)c1. The fourth-order valence-corrected chi connectivity index (χ4v) is 1.83. The lowest BCUT2D eigenvalue weighted by molar-refractivity contribution is 0.469. The quantitative estimate of drug-likeness (QED) is 0.861. The summed E-state index contributed by atoms with van der Waals surface area (Å²) in [7, 11) is 0. The number of benzene rings is 1. The van der Waals surface area contributed by atoms with Crippen LogP contribution in [0.3, 0.4) is 0 Å². The molecule has 1 rings (SSSR count). The van der Waals surface area contributed by atoms with Crippen molar-refractivity contribution >= 4 is 15.9 Å². The van der Waals surface area contributed by atoms with Gasteiger partial charge in [-0.1, -0.05) is 35.0 Å². The number of nitrogens with one attached hydrogen (secondary N) is 1. The zero-order chi connectivity index (χ0) is 10.6. The molecule has 1 aromatic carbocycles. The summed E-state index contributed by atoms with van der Waals surface area (Å²) in [6, 6.07) is 9.45. The Morgan fingerprint density at radius 1 is 1.36 bits per heavy atom. The molecule has 14 heavy (non-hydrogen) atoms. The first kappa shape index (κ1) is 11.7. The lowest BCUT2D eigenvalue weighted by atomic mass is 10.1. The molecule has 0 radical (unpaired) electrons. The lowest BCUT2D eigenvalue weighted by Gasteiger charge is -2.19. The Labute approximate surface area is 95.0 Å². The highest BCUT2D eigenvalue weighted by Gasteiger charge is 2.07. The van der Waals surface area contributed by atoms with Crippen LogP contribution in [0, 0.1) is 0 Å². The molecule has 78 valence electrons. The Morgan fingerprint density at radius 3 is 2.64 bits per heavy atom. The van der Waals surface area contributed by atoms with Gasteiger partial charge >= 0.3 is 0 Å². The molecule has 2 atom stereocenters. The van der Waals surface area contributed by atoms with Crippen LogP contribution in [0.4, 0.5) is 0 Å². The summed E-state index contributed by atoms with van der Waals surface area (Å²) in [5, 5.41) is 3.55. The van der Waals surface area contributed by atoms with Crippen LogP contribution in [-0.4, -0.2) is 6.04 Å². The maximum absolute atomic E-state index is 3.55. The number of halogens is 1. The van der Waals surface area contributed by atoms with Crippen molar-refractivity contribution in [3.63, 3.8) is 0 Å². The van der Waals surface area contributed by atoms with E-state index in [0.29, 0.717) is 12.1 Å². The fraction of sp³-hybridized carbons (Fsp3) is 0.500. The van der Waals surface area contributed by atoms with E-state index in [1.54, 1.807) is 0 Å². The monoisotopic (exact) mass is 255 g/mol. The van der Waals surface area contributed by atoms with Crippen LogP contribution in [0.2, 0.25) is 0 Å². The molecular weight excluding hydrogens is 238 g/mol. The van der Waals surface area contributed by atoms with Crippen LogP contribution >= 0.6 is 15.9 Å². The molecule has 0 heterocycles. The van der Waals surface area contributed by atoms with Crippen molar-refractivity contribution < 1.29 is 0 Å². The predicted octanol–water partition coefficient (Wildman–Crippen LogP) is 3.90. The fourth-order valence-electron chi connectivity index (χ4n) is 1.42. The minimum atomic E-state index is 0.419. The minimum Gasteiger partial charge on any atom is -0.308 e. The highest BCUT2D eigenvalue weighted by Crippen LogP contribution is 2.18. The normalized spacial score (nSPS) is 15.1. The van der Waals surface area contributed by atoms with Crippen molar-refractivity contribution in [3.05, 3.63) is 34.3 Å². The van der Waals surface area contributed by atoms with Gasteiger partial charge in [0, 0.05) is 16.6 Å². The van der Waals surface area contributed by atoms with Gasteiger partial charge in [-0.3, -0.25) is 0 Å². The molecule has 0 aliphatic rings. The zero-order valence-corrected chi connectivity index (χ0v) is 10.6. The number of hydrogen-bond acceptors (Lipinski definition) is 1. The average molecular weight is 256 g/mol. The van der Waals surface area contributed by atoms with Gasteiger partial charge in [0.05, 0.1) is 0 Å². The standard InChI is InChI=1S/C12H18BrN/c1-4-9(2)14-10(3)11-6-5-7-12(13)8-11/h5-10,14H,4H2,1-3H3/t9-,10+/m1/s1. The highest BCUT2D eigenvalue weighted by molar-refractivity contribution is 9.10. The summed E-state index contributed by atoms with van der Waals surface area (Å²) in [5.41, 5.74) is 1.33. The molecule has 0 aliphatic heterocycles. The highest BCUT2D eigenvalue weighted by atomic mass is 79.9. The van der Waals surface area contributed by atoms with Crippen molar-refractivity contribution in [3.8, 4) is 0 Å². The van der Waals surface area contributed by atoms with Gasteiger partial charge in [-0.05, 0) is 38.0 Å². The summed E-state index contributed by atoms with van der Waals surface area (Å²) in [4.78, 5) is 0. The molecule has 0 unspecified atom stereocenters. The van der Waals surface area contributed by atoms with Crippen LogP contribution in [-0.2, 0) is 0 Å². The summed E-state index contributed by atoms with van der Waals surface area (Å²) in [6.45, 7) is 6.62. The lowest BCUT2D eigenvalue weighted by Crippen LogP contribution is -2.28. The number of rotatable bonds is 4. The third kappa shape index (κ3) is 3.43. The summed E-state index contributed by atoms with van der Waals surface area (Å²) < 4.78 is 1.15. The van der Waals surface area contributed by atoms with Gasteiger partial charge in [-0.2, -0.15) is 0 Å². The van der Waals surface area contributed by atoms with Gasteiger partial charge in [0.1, 0.15) is 0 Å². The van der Waals surface area contributed by atoms with E-state index in [9.17, 15) is 0 Å². The Bertz CT molecular complexity index is 285. The first-order chi connectivity index (χ1) is 6.63. The molecule has 1 nitrogen and oxygen atoms in total. The summed E-state index contributed by atoms with van der Waals surface area (Å²) in [6.07, 6.45) is 1.17. The summed E-state index contributed by atoms with van der Waals surface area (Å²) in [5.74, 6) is 0. The second kappa shape index (κ2) is 5.52. The van der Waals surface area contributed by atoms with Gasteiger partial charge in [0.2, 0.25) is 0 Å². The van der Waals surface area contributed by atoms with E-state index in [1.165, 1.54) is 12.0 Å². The van der Waals surface area contributed by atoms with E-state index >= 15 is 0 Å². The van der Waals surface area contributed by atoms with Gasteiger partial charge in [0.25, 0.3) is 0 Å². The van der Waals surface area contributed by atoms with Gasteiger partial charge in [-0.25, -0.2) is 0 Å². The Kier molecular flexibility index (Phi) is 4.63. The van der Waals surface area contributed by atoms with Crippen LogP contribution in [0.25, 0.3) is 0 Å². The predicted molar refractivity (Wildman–Crippen MR) is 65.4 cm³/mol. The maximum atomic E-state index is 3.55. The number of hydrogen-bond donors (Lipinski definition) is 1. The Morgan fingerprint density at radius 2 is 2.07 bits per heavy atom. The van der Waals surface area contributed by atoms with Crippen molar-refractivity contribution in [2.75, 3.05) is 0 Å². The van der Waals surface area contributed by atoms with Crippen molar-refractivity contribution in [1.82, 2.24) is 5.32 Å². The van der Waals surface area contributed by atoms with E-state index in [1.807, 2.05) is 0 Å². The van der Waals surface area contributed by atoms with Crippen LogP contribution in [0.5, 0.6) is 0 Å². The Hall–Kier alpha value is -0.340. The zero-order valence-electron chi connectivity index (χ0n) is 9.05. The van der Waals surface area contributed by atoms with Crippen LogP contribution in [0.15, 0.2) is 28.7 Å². The second-order valence-electron chi connectivity index (χ2n) is 3.75. The maximum Gasteiger partial charge on any atom is 0.0294 e. The van der Waals surface area contributed by atoms with Crippen LogP contribution < -0.4 is 5.32 Å². The van der Waals surface area contributed by atoms with Gasteiger partial charge in [0.15, 0.2) is 0 Å². The van der Waals surface area contributed by atoms with Crippen molar-refractivity contribution in [2.45, 2.75) is 39.3 Å². The molecule has 0 amide bonds. The minimum absolute atomic E-state index is 0.419. The molecule has 0 aliphatic carbocycles. The molecule has 1 aromatic rings. The van der Waals surface area contributed by atoms with E-state index in [4.69, 9.17) is 0 Å². The van der Waals surface area contributed by atoms with Crippen molar-refractivity contribution in [1.29, 1.82) is 0 Å². The molecule has 0 fully saturated rings. The van der Waals surface area contributed by atoms with Gasteiger partial charge < -0.3 is 5.32 Å². The van der Waals surface area contributed by atoms with Crippen molar-refractivity contribution in [2.24, 2.45) is 0 Å². The molecular formula is C12H18BrN. The molecule has 1 N–H and O–H groups in total. The average Bonchev–Trinajstić information content (AvgIpc) is 2.17. The molecule has 2 heteroatoms. The second-order valence-corrected chi connectivity index (χ2v) is 4.67. The third-order valence-corrected chi connectivity index (χ3v) is 2.99. The molecule has 0 saturated carbocycles. The smallest absolute Gasteiger partial charge is 0.0294 e. The molecule has 0 aromatic heterocycles. The van der Waals surface area contributed by atoms with E-state index in [2.05, 4.69) is 66.3 Å². The molecule has 0 spiro atoms. The Balaban J connectivity index is 2.64. The summed E-state index contributed by atoms with van der Waals surface area (Å²) >= 11 is 3.49. The topological polar surface area (TPSA) is 12.0 Å². The van der Waals surface area contributed by atoms with Crippen LogP contribution in [0.1, 0.15) is 38.8 Å². The van der Waals surface area contributed by atoms with E-state index in [0.717, 1.165) is 4.47 Å². The first-order valence-electron chi connectivity index (χ1n) is 5.15.